The van der Waals surface area contributed by atoms with Gasteiger partial charge in [0.2, 0.25) is 5.95 Å². The molecule has 3 atom stereocenters. The number of imidazole rings is 1. The Morgan fingerprint density at radius 3 is 2.96 bits per heavy atom. The van der Waals surface area contributed by atoms with Gasteiger partial charge in [-0.1, -0.05) is 13.8 Å². The minimum atomic E-state index is -2.57. The van der Waals surface area contributed by atoms with Crippen molar-refractivity contribution in [2.45, 2.75) is 38.7 Å². The minimum absolute atomic E-state index is 0.167. The highest BCUT2D eigenvalue weighted by atomic mass is 31.2. The number of hydrogen-bond donors (Lipinski definition) is 5. The number of anilines is 1. The second kappa shape index (κ2) is 7.95. The van der Waals surface area contributed by atoms with Crippen molar-refractivity contribution in [2.75, 3.05) is 18.5 Å². The van der Waals surface area contributed by atoms with Crippen molar-refractivity contribution in [1.29, 1.82) is 0 Å². The number of aliphatic hydroxyl groups is 1. The van der Waals surface area contributed by atoms with Crippen LogP contribution in [0.15, 0.2) is 11.1 Å². The predicted octanol–water partition coefficient (Wildman–Crippen LogP) is 0.0640. The Labute approximate surface area is 150 Å². The quantitative estimate of drug-likeness (QED) is 0.415. The first-order chi connectivity index (χ1) is 12.4. The fraction of sp³-hybridized carbons (Fsp3) is 0.643. The third kappa shape index (κ3) is 4.03. The zero-order valence-corrected chi connectivity index (χ0v) is 15.3. The third-order valence-electron chi connectivity index (χ3n) is 4.01. The van der Waals surface area contributed by atoms with Crippen LogP contribution >= 0.6 is 8.60 Å². The highest BCUT2D eigenvalue weighted by Gasteiger charge is 2.39. The molecule has 0 amide bonds. The number of aliphatic hydroxyl groups excluding tert-OH is 1. The van der Waals surface area contributed by atoms with Gasteiger partial charge in [-0.3, -0.25) is 14.3 Å². The van der Waals surface area contributed by atoms with E-state index < -0.39 is 27.0 Å². The summed E-state index contributed by atoms with van der Waals surface area (Å²) in [6.07, 6.45) is -0.336. The number of ether oxygens (including phenoxy) is 1. The maximum Gasteiger partial charge on any atom is 0.327 e. The van der Waals surface area contributed by atoms with Gasteiger partial charge in [0.1, 0.15) is 12.3 Å². The molecule has 0 bridgehead atoms. The minimum Gasteiger partial charge on any atom is -0.394 e. The molecule has 1 saturated heterocycles. The molecular weight excluding hydrogens is 365 g/mol. The van der Waals surface area contributed by atoms with Crippen LogP contribution in [-0.2, 0) is 9.26 Å². The van der Waals surface area contributed by atoms with Gasteiger partial charge < -0.3 is 29.5 Å². The van der Waals surface area contributed by atoms with Crippen LogP contribution in [0.5, 0.6) is 0 Å². The number of fused-ring (bicyclic) bond motifs is 1. The van der Waals surface area contributed by atoms with Crippen LogP contribution in [0, 0.1) is 5.92 Å². The topological polar surface area (TPSA) is 155 Å². The average Bonchev–Trinajstić information content (AvgIpc) is 3.16. The van der Waals surface area contributed by atoms with E-state index in [-0.39, 0.29) is 24.1 Å². The van der Waals surface area contributed by atoms with Crippen molar-refractivity contribution in [1.82, 2.24) is 19.5 Å². The number of nitrogens with one attached hydrogen (secondary N) is 2. The molecule has 26 heavy (non-hydrogen) atoms. The molecule has 12 heteroatoms. The molecule has 144 valence electrons. The second-order valence-electron chi connectivity index (χ2n) is 6.46. The summed E-state index contributed by atoms with van der Waals surface area (Å²) in [5.74, 6) is 0.700. The lowest BCUT2D eigenvalue weighted by atomic mass is 10.2. The molecular formula is C14H22N5O6P. The van der Waals surface area contributed by atoms with Crippen molar-refractivity contribution in [2.24, 2.45) is 5.92 Å². The second-order valence-corrected chi connectivity index (χ2v) is 7.17. The SMILES string of the molecule is CC(C)CNc1nc2c(ncn2[C@H]2C[C@H](OP(O)O)[C@@H](CO)O2)c(=O)[nH]1. The molecule has 0 unspecified atom stereocenters. The molecule has 2 aromatic heterocycles. The first kappa shape index (κ1) is 19.2. The van der Waals surface area contributed by atoms with Crippen molar-refractivity contribution in [3.8, 4) is 0 Å². The van der Waals surface area contributed by atoms with E-state index in [4.69, 9.17) is 19.0 Å². The Morgan fingerprint density at radius 2 is 2.31 bits per heavy atom. The van der Waals surface area contributed by atoms with E-state index in [1.807, 2.05) is 13.8 Å². The molecule has 0 radical (unpaired) electrons. The number of H-pyrrole nitrogens is 1. The molecule has 3 heterocycles. The lowest BCUT2D eigenvalue weighted by molar-refractivity contribution is -0.0404. The maximum atomic E-state index is 12.2. The normalized spacial score (nSPS) is 23.4. The van der Waals surface area contributed by atoms with Crippen LogP contribution in [0.2, 0.25) is 0 Å². The smallest absolute Gasteiger partial charge is 0.327 e. The number of aromatic amines is 1. The predicted molar refractivity (Wildman–Crippen MR) is 93.3 cm³/mol. The van der Waals surface area contributed by atoms with Gasteiger partial charge in [0, 0.05) is 13.0 Å². The largest absolute Gasteiger partial charge is 0.394 e. The van der Waals surface area contributed by atoms with Gasteiger partial charge in [-0.25, -0.2) is 4.98 Å². The first-order valence-corrected chi connectivity index (χ1v) is 9.37. The van der Waals surface area contributed by atoms with Gasteiger partial charge in [-0.2, -0.15) is 4.98 Å². The van der Waals surface area contributed by atoms with E-state index in [1.54, 1.807) is 4.57 Å². The Balaban J connectivity index is 1.89. The summed E-state index contributed by atoms with van der Waals surface area (Å²) >= 11 is 0. The summed E-state index contributed by atoms with van der Waals surface area (Å²) in [7, 11) is -2.57. The standard InChI is InChI=1S/C14H22N5O6P/c1-7(2)4-15-14-17-12-11(13(21)18-14)16-6-19(12)10-3-8(25-26(22)23)9(5-20)24-10/h6-10,20,22-23H,3-5H2,1-2H3,(H2,15,17,18,21)/t8-,9+,10+/m0/s1. The fourth-order valence-electron chi connectivity index (χ4n) is 2.79. The zero-order chi connectivity index (χ0) is 18.8. The highest BCUT2D eigenvalue weighted by molar-refractivity contribution is 7.39. The van der Waals surface area contributed by atoms with E-state index >= 15 is 0 Å². The van der Waals surface area contributed by atoms with Gasteiger partial charge >= 0.3 is 8.60 Å². The van der Waals surface area contributed by atoms with Crippen LogP contribution in [0.4, 0.5) is 5.95 Å². The summed E-state index contributed by atoms with van der Waals surface area (Å²) in [4.78, 5) is 41.5. The summed E-state index contributed by atoms with van der Waals surface area (Å²) in [6, 6.07) is 0. The molecule has 0 saturated carbocycles. The molecule has 0 aliphatic carbocycles. The lowest BCUT2D eigenvalue weighted by Gasteiger charge is -2.16. The van der Waals surface area contributed by atoms with Crippen molar-refractivity contribution < 1.29 is 24.2 Å². The number of aromatic nitrogens is 4. The molecule has 2 aromatic rings. The molecule has 0 aromatic carbocycles. The van der Waals surface area contributed by atoms with Crippen LogP contribution < -0.4 is 10.9 Å². The summed E-state index contributed by atoms with van der Waals surface area (Å²) < 4.78 is 12.3. The van der Waals surface area contributed by atoms with Crippen LogP contribution in [0.25, 0.3) is 11.2 Å². The van der Waals surface area contributed by atoms with Crippen LogP contribution in [-0.4, -0.2) is 59.8 Å². The van der Waals surface area contributed by atoms with E-state index in [9.17, 15) is 9.90 Å². The van der Waals surface area contributed by atoms with E-state index in [1.165, 1.54) is 6.33 Å². The molecule has 1 aliphatic heterocycles. The van der Waals surface area contributed by atoms with Gasteiger partial charge in [-0.15, -0.1) is 0 Å². The van der Waals surface area contributed by atoms with Crippen molar-refractivity contribution >= 4 is 25.7 Å². The summed E-state index contributed by atoms with van der Waals surface area (Å²) in [6.45, 7) is 4.37. The number of nitrogens with zero attached hydrogens (tertiary/aromatic N) is 3. The summed E-state index contributed by atoms with van der Waals surface area (Å²) in [5.41, 5.74) is 0.122. The number of rotatable bonds is 7. The van der Waals surface area contributed by atoms with Crippen molar-refractivity contribution in [3.05, 3.63) is 16.7 Å². The highest BCUT2D eigenvalue weighted by Crippen LogP contribution is 2.38. The Bertz CT molecular complexity index is 809. The van der Waals surface area contributed by atoms with E-state index in [0.717, 1.165) is 0 Å². The summed E-state index contributed by atoms with van der Waals surface area (Å²) in [5, 5.41) is 12.5. The molecule has 11 nitrogen and oxygen atoms in total. The lowest BCUT2D eigenvalue weighted by Crippen LogP contribution is -2.26. The zero-order valence-electron chi connectivity index (χ0n) is 14.4. The molecule has 3 rings (SSSR count). The van der Waals surface area contributed by atoms with E-state index in [0.29, 0.717) is 24.1 Å². The van der Waals surface area contributed by atoms with Gasteiger partial charge in [0.25, 0.3) is 5.56 Å². The van der Waals surface area contributed by atoms with Gasteiger partial charge in [0.05, 0.1) is 19.0 Å². The fourth-order valence-corrected chi connectivity index (χ4v) is 3.25. The molecule has 1 aliphatic rings. The van der Waals surface area contributed by atoms with Gasteiger partial charge in [0.15, 0.2) is 11.2 Å². The third-order valence-corrected chi connectivity index (χ3v) is 4.47. The molecule has 0 spiro atoms. The van der Waals surface area contributed by atoms with Crippen molar-refractivity contribution in [3.63, 3.8) is 0 Å². The number of hydrogen-bond acceptors (Lipinski definition) is 9. The van der Waals surface area contributed by atoms with E-state index in [2.05, 4.69) is 20.3 Å². The monoisotopic (exact) mass is 387 g/mol. The molecule has 5 N–H and O–H groups in total. The molecule has 1 fully saturated rings. The Morgan fingerprint density at radius 1 is 1.54 bits per heavy atom. The average molecular weight is 387 g/mol. The first-order valence-electron chi connectivity index (χ1n) is 8.20. The van der Waals surface area contributed by atoms with Gasteiger partial charge in [-0.05, 0) is 5.92 Å². The van der Waals surface area contributed by atoms with Crippen LogP contribution in [0.3, 0.4) is 0 Å². The Kier molecular flexibility index (Phi) is 5.86. The maximum absolute atomic E-state index is 12.2. The van der Waals surface area contributed by atoms with Crippen LogP contribution in [0.1, 0.15) is 26.5 Å². The Hall–Kier alpha value is -1.62.